The molecular formula is C13H10Br2ClFN2. The molecule has 0 aromatic heterocycles. The number of nitrogens with two attached hydrogens (primary N) is 1. The minimum absolute atomic E-state index is 0.322. The van der Waals surface area contributed by atoms with E-state index in [1.165, 1.54) is 6.07 Å². The molecule has 19 heavy (non-hydrogen) atoms. The van der Waals surface area contributed by atoms with Crippen LogP contribution >= 0.6 is 43.5 Å². The van der Waals surface area contributed by atoms with Gasteiger partial charge in [-0.05, 0) is 51.8 Å². The lowest BCUT2D eigenvalue weighted by molar-refractivity contribution is 0.559. The Kier molecular flexibility index (Phi) is 4.97. The maximum atomic E-state index is 13.9. The van der Waals surface area contributed by atoms with E-state index >= 15 is 0 Å². The average Bonchev–Trinajstić information content (AvgIpc) is 2.38. The SMILES string of the molecule is NNC(c1ccc(Cl)c(Br)c1)c1cc(Br)ccc1F. The van der Waals surface area contributed by atoms with Crippen molar-refractivity contribution >= 4 is 43.5 Å². The predicted molar refractivity (Wildman–Crippen MR) is 82.4 cm³/mol. The van der Waals surface area contributed by atoms with Gasteiger partial charge < -0.3 is 0 Å². The van der Waals surface area contributed by atoms with E-state index in [9.17, 15) is 4.39 Å². The highest BCUT2D eigenvalue weighted by Crippen LogP contribution is 2.31. The first-order chi connectivity index (χ1) is 9.02. The summed E-state index contributed by atoms with van der Waals surface area (Å²) in [7, 11) is 0. The summed E-state index contributed by atoms with van der Waals surface area (Å²) >= 11 is 12.6. The van der Waals surface area contributed by atoms with Gasteiger partial charge in [-0.1, -0.05) is 33.6 Å². The molecule has 100 valence electrons. The molecule has 0 amide bonds. The quantitative estimate of drug-likeness (QED) is 0.577. The molecule has 0 heterocycles. The first kappa shape index (κ1) is 14.9. The maximum absolute atomic E-state index is 13.9. The molecule has 0 saturated heterocycles. The van der Waals surface area contributed by atoms with Crippen LogP contribution in [-0.2, 0) is 0 Å². The topological polar surface area (TPSA) is 38.0 Å². The van der Waals surface area contributed by atoms with Crippen molar-refractivity contribution in [3.05, 3.63) is 67.3 Å². The summed E-state index contributed by atoms with van der Waals surface area (Å²) in [6, 6.07) is 9.64. The molecule has 2 aromatic carbocycles. The molecule has 0 aliphatic heterocycles. The fraction of sp³-hybridized carbons (Fsp3) is 0.0769. The summed E-state index contributed by atoms with van der Waals surface area (Å²) in [4.78, 5) is 0. The second kappa shape index (κ2) is 6.33. The molecular weight excluding hydrogens is 398 g/mol. The number of hydrogen-bond donors (Lipinski definition) is 2. The first-order valence-corrected chi connectivity index (χ1v) is 7.35. The van der Waals surface area contributed by atoms with E-state index in [2.05, 4.69) is 37.3 Å². The van der Waals surface area contributed by atoms with E-state index in [4.69, 9.17) is 17.4 Å². The van der Waals surface area contributed by atoms with Gasteiger partial charge in [0.25, 0.3) is 0 Å². The lowest BCUT2D eigenvalue weighted by atomic mass is 9.99. The van der Waals surface area contributed by atoms with E-state index < -0.39 is 6.04 Å². The maximum Gasteiger partial charge on any atom is 0.128 e. The Morgan fingerprint density at radius 1 is 1.16 bits per heavy atom. The zero-order valence-electron chi connectivity index (χ0n) is 9.63. The van der Waals surface area contributed by atoms with Crippen molar-refractivity contribution in [1.29, 1.82) is 0 Å². The van der Waals surface area contributed by atoms with E-state index in [0.29, 0.717) is 10.6 Å². The van der Waals surface area contributed by atoms with Crippen LogP contribution in [0.2, 0.25) is 5.02 Å². The highest BCUT2D eigenvalue weighted by molar-refractivity contribution is 9.10. The Labute approximate surface area is 132 Å². The van der Waals surface area contributed by atoms with Crippen molar-refractivity contribution in [2.24, 2.45) is 5.84 Å². The predicted octanol–water partition coefficient (Wildman–Crippen LogP) is 4.56. The van der Waals surface area contributed by atoms with Crippen molar-refractivity contribution in [2.45, 2.75) is 6.04 Å². The van der Waals surface area contributed by atoms with Gasteiger partial charge in [0, 0.05) is 14.5 Å². The third kappa shape index (κ3) is 3.35. The Bertz CT molecular complexity index is 607. The summed E-state index contributed by atoms with van der Waals surface area (Å²) in [6.07, 6.45) is 0. The van der Waals surface area contributed by atoms with Crippen LogP contribution in [0.15, 0.2) is 45.3 Å². The number of halogens is 4. The van der Waals surface area contributed by atoms with Crippen LogP contribution in [0.4, 0.5) is 4.39 Å². The van der Waals surface area contributed by atoms with Crippen molar-refractivity contribution in [3.63, 3.8) is 0 Å². The van der Waals surface area contributed by atoms with Crippen LogP contribution in [0, 0.1) is 5.82 Å². The molecule has 6 heteroatoms. The van der Waals surface area contributed by atoms with Gasteiger partial charge in [0.2, 0.25) is 0 Å². The van der Waals surface area contributed by atoms with Gasteiger partial charge in [-0.15, -0.1) is 0 Å². The Hall–Kier alpha value is -0.460. The van der Waals surface area contributed by atoms with Crippen LogP contribution in [0.3, 0.4) is 0 Å². The molecule has 0 bridgehead atoms. The monoisotopic (exact) mass is 406 g/mol. The summed E-state index contributed by atoms with van der Waals surface area (Å²) < 4.78 is 15.4. The second-order valence-electron chi connectivity index (χ2n) is 3.94. The largest absolute Gasteiger partial charge is 0.271 e. The Balaban J connectivity index is 2.49. The molecule has 2 nitrogen and oxygen atoms in total. The molecule has 0 aliphatic rings. The van der Waals surface area contributed by atoms with Crippen molar-refractivity contribution < 1.29 is 4.39 Å². The zero-order valence-corrected chi connectivity index (χ0v) is 13.6. The fourth-order valence-electron chi connectivity index (χ4n) is 1.79. The first-order valence-electron chi connectivity index (χ1n) is 5.39. The Morgan fingerprint density at radius 3 is 2.53 bits per heavy atom. The molecule has 0 aliphatic carbocycles. The van der Waals surface area contributed by atoms with Gasteiger partial charge >= 0.3 is 0 Å². The molecule has 1 unspecified atom stereocenters. The van der Waals surface area contributed by atoms with Crippen LogP contribution in [0.25, 0.3) is 0 Å². The van der Waals surface area contributed by atoms with Gasteiger partial charge in [-0.25, -0.2) is 9.82 Å². The molecule has 0 fully saturated rings. The molecule has 0 spiro atoms. The minimum Gasteiger partial charge on any atom is -0.271 e. The third-order valence-corrected chi connectivity index (χ3v) is 4.42. The number of benzene rings is 2. The highest BCUT2D eigenvalue weighted by atomic mass is 79.9. The van der Waals surface area contributed by atoms with Crippen LogP contribution in [0.5, 0.6) is 0 Å². The fourth-order valence-corrected chi connectivity index (χ4v) is 2.69. The number of hydrogen-bond acceptors (Lipinski definition) is 2. The van der Waals surface area contributed by atoms with Gasteiger partial charge in [0.05, 0.1) is 11.1 Å². The van der Waals surface area contributed by atoms with Gasteiger partial charge in [0.15, 0.2) is 0 Å². The standard InChI is InChI=1S/C13H10Br2ClFN2/c14-8-2-4-12(17)9(6-8)13(19-18)7-1-3-11(16)10(15)5-7/h1-6,13,19H,18H2. The second-order valence-corrected chi connectivity index (χ2v) is 6.12. The van der Waals surface area contributed by atoms with E-state index in [0.717, 1.165) is 14.5 Å². The van der Waals surface area contributed by atoms with E-state index in [1.54, 1.807) is 24.3 Å². The highest BCUT2D eigenvalue weighted by Gasteiger charge is 2.17. The summed E-state index contributed by atoms with van der Waals surface area (Å²) in [5.74, 6) is 5.24. The number of rotatable bonds is 3. The van der Waals surface area contributed by atoms with Gasteiger partial charge in [-0.3, -0.25) is 5.84 Å². The lowest BCUT2D eigenvalue weighted by Crippen LogP contribution is -2.29. The summed E-state index contributed by atoms with van der Waals surface area (Å²) in [5, 5.41) is 0.592. The number of nitrogens with one attached hydrogen (secondary N) is 1. The smallest absolute Gasteiger partial charge is 0.128 e. The lowest BCUT2D eigenvalue weighted by Gasteiger charge is -2.18. The van der Waals surface area contributed by atoms with Crippen molar-refractivity contribution in [2.75, 3.05) is 0 Å². The molecule has 2 aromatic rings. The van der Waals surface area contributed by atoms with E-state index in [1.807, 2.05) is 6.07 Å². The summed E-state index contributed by atoms with van der Waals surface area (Å²) in [6.45, 7) is 0. The molecule has 2 rings (SSSR count). The van der Waals surface area contributed by atoms with Crippen LogP contribution in [0.1, 0.15) is 17.2 Å². The number of hydrazine groups is 1. The summed E-state index contributed by atoms with van der Waals surface area (Å²) in [5.41, 5.74) is 3.90. The average molecular weight is 408 g/mol. The van der Waals surface area contributed by atoms with E-state index in [-0.39, 0.29) is 5.82 Å². The molecule has 1 atom stereocenters. The van der Waals surface area contributed by atoms with Gasteiger partial charge in [0.1, 0.15) is 5.82 Å². The molecule has 0 radical (unpaired) electrons. The molecule has 3 N–H and O–H groups in total. The van der Waals surface area contributed by atoms with Crippen LogP contribution in [-0.4, -0.2) is 0 Å². The van der Waals surface area contributed by atoms with Crippen LogP contribution < -0.4 is 11.3 Å². The van der Waals surface area contributed by atoms with Gasteiger partial charge in [-0.2, -0.15) is 0 Å². The zero-order chi connectivity index (χ0) is 14.0. The Morgan fingerprint density at radius 2 is 1.89 bits per heavy atom. The minimum atomic E-state index is -0.453. The van der Waals surface area contributed by atoms with Crippen molar-refractivity contribution in [1.82, 2.24) is 5.43 Å². The van der Waals surface area contributed by atoms with Crippen molar-refractivity contribution in [3.8, 4) is 0 Å². The third-order valence-electron chi connectivity index (χ3n) is 2.71. The normalized spacial score (nSPS) is 12.5. The molecule has 0 saturated carbocycles.